The number of amides is 1. The summed E-state index contributed by atoms with van der Waals surface area (Å²) in [6.07, 6.45) is 4.08. The summed E-state index contributed by atoms with van der Waals surface area (Å²) >= 11 is 0. The number of nitrogens with zero attached hydrogens (tertiary/aromatic N) is 2. The monoisotopic (exact) mass is 449 g/mol. The highest BCUT2D eigenvalue weighted by Gasteiger charge is 2.41. The number of carbonyl (C=O) groups is 1. The molecule has 2 aromatic rings. The van der Waals surface area contributed by atoms with Crippen molar-refractivity contribution in [3.63, 3.8) is 0 Å². The lowest BCUT2D eigenvalue weighted by Crippen LogP contribution is -2.41. The molecule has 0 spiro atoms. The Hall–Kier alpha value is -1.62. The lowest BCUT2D eigenvalue weighted by Gasteiger charge is -2.31. The Kier molecular flexibility index (Phi) is 8.32. The van der Waals surface area contributed by atoms with Gasteiger partial charge in [0.25, 0.3) is 0 Å². The molecule has 0 saturated heterocycles. The van der Waals surface area contributed by atoms with Crippen molar-refractivity contribution in [1.29, 1.82) is 0 Å². The third-order valence-corrected chi connectivity index (χ3v) is 6.28. The minimum Gasteiger partial charge on any atom is -0.310 e. The van der Waals surface area contributed by atoms with Gasteiger partial charge in [0.05, 0.1) is 11.4 Å². The van der Waals surface area contributed by atoms with Crippen molar-refractivity contribution >= 4 is 36.4 Å². The van der Waals surface area contributed by atoms with Gasteiger partial charge in [0.2, 0.25) is 5.91 Å². The minimum absolute atomic E-state index is 0. The molecule has 1 aromatic carbocycles. The fourth-order valence-electron chi connectivity index (χ4n) is 4.64. The van der Waals surface area contributed by atoms with Gasteiger partial charge in [-0.1, -0.05) is 44.2 Å². The van der Waals surface area contributed by atoms with E-state index < -0.39 is 0 Å². The Morgan fingerprint density at radius 3 is 2.40 bits per heavy atom. The zero-order valence-electron chi connectivity index (χ0n) is 18.1. The first-order valence-electron chi connectivity index (χ1n) is 10.5. The van der Waals surface area contributed by atoms with Crippen LogP contribution in [0.5, 0.6) is 0 Å². The van der Waals surface area contributed by atoms with E-state index in [0.29, 0.717) is 11.9 Å². The number of benzene rings is 1. The number of aryl methyl sites for hydroxylation is 1. The number of hydrogen-bond donors (Lipinski definition) is 1. The molecule has 164 valence electrons. The normalized spacial score (nSPS) is 21.9. The number of fused-ring (bicyclic) bond motifs is 1. The summed E-state index contributed by atoms with van der Waals surface area (Å²) in [5.41, 5.74) is 4.35. The standard InChI is InChI=1S/C24H31N3O.2ClH/c1-17-9-14-21-22(26-17)24(2,3)16-27(21)23(28)19-10-12-20(13-11-19)25-15-18-7-5-4-6-8-18;;/h4-9,14,19-20,25H,10-13,15-16H2,1-3H3;2*1H. The molecule has 4 rings (SSSR count). The molecule has 0 atom stereocenters. The summed E-state index contributed by atoms with van der Waals surface area (Å²) in [5, 5.41) is 3.67. The van der Waals surface area contributed by atoms with Crippen molar-refractivity contribution in [3.8, 4) is 0 Å². The fourth-order valence-corrected chi connectivity index (χ4v) is 4.64. The van der Waals surface area contributed by atoms with Crippen LogP contribution in [0, 0.1) is 12.8 Å². The van der Waals surface area contributed by atoms with E-state index in [4.69, 9.17) is 4.98 Å². The maximum Gasteiger partial charge on any atom is 0.230 e. The number of halogens is 2. The van der Waals surface area contributed by atoms with Crippen molar-refractivity contribution in [2.75, 3.05) is 11.4 Å². The van der Waals surface area contributed by atoms with Gasteiger partial charge in [-0.3, -0.25) is 9.78 Å². The van der Waals surface area contributed by atoms with Crippen LogP contribution in [0.1, 0.15) is 56.5 Å². The third kappa shape index (κ3) is 5.16. The highest BCUT2D eigenvalue weighted by atomic mass is 35.5. The van der Waals surface area contributed by atoms with Crippen molar-refractivity contribution in [2.45, 2.75) is 64.5 Å². The Morgan fingerprint density at radius 2 is 1.73 bits per heavy atom. The highest BCUT2D eigenvalue weighted by molar-refractivity contribution is 5.97. The van der Waals surface area contributed by atoms with Gasteiger partial charge in [0.1, 0.15) is 0 Å². The fraction of sp³-hybridized carbons (Fsp3) is 0.500. The van der Waals surface area contributed by atoms with E-state index in [9.17, 15) is 4.79 Å². The second-order valence-corrected chi connectivity index (χ2v) is 9.04. The summed E-state index contributed by atoms with van der Waals surface area (Å²) in [4.78, 5) is 20.0. The SMILES string of the molecule is Cc1ccc2c(n1)C(C)(C)CN2C(=O)C1CCC(NCc2ccccc2)CC1.Cl.Cl. The molecule has 1 saturated carbocycles. The first-order valence-corrected chi connectivity index (χ1v) is 10.5. The Labute approximate surface area is 192 Å². The average Bonchev–Trinajstić information content (AvgIpc) is 2.97. The first kappa shape index (κ1) is 24.6. The maximum absolute atomic E-state index is 13.3. The summed E-state index contributed by atoms with van der Waals surface area (Å²) in [6.45, 7) is 8.04. The number of rotatable bonds is 4. The molecule has 1 aromatic heterocycles. The lowest BCUT2D eigenvalue weighted by atomic mass is 9.85. The van der Waals surface area contributed by atoms with Crippen molar-refractivity contribution in [2.24, 2.45) is 5.92 Å². The molecule has 1 fully saturated rings. The molecule has 1 aliphatic carbocycles. The third-order valence-electron chi connectivity index (χ3n) is 6.28. The molecule has 0 bridgehead atoms. The minimum atomic E-state index is -0.0779. The Morgan fingerprint density at radius 1 is 1.07 bits per heavy atom. The molecule has 2 heterocycles. The van der Waals surface area contributed by atoms with Crippen LogP contribution in [0.3, 0.4) is 0 Å². The van der Waals surface area contributed by atoms with E-state index in [1.165, 1.54) is 5.56 Å². The van der Waals surface area contributed by atoms with E-state index in [1.54, 1.807) is 0 Å². The van der Waals surface area contributed by atoms with Gasteiger partial charge >= 0.3 is 0 Å². The largest absolute Gasteiger partial charge is 0.310 e. The zero-order chi connectivity index (χ0) is 19.7. The number of nitrogens with one attached hydrogen (secondary N) is 1. The van der Waals surface area contributed by atoms with Crippen LogP contribution in [-0.4, -0.2) is 23.5 Å². The quantitative estimate of drug-likeness (QED) is 0.696. The van der Waals surface area contributed by atoms with E-state index in [-0.39, 0.29) is 36.1 Å². The number of aromatic nitrogens is 1. The summed E-state index contributed by atoms with van der Waals surface area (Å²) < 4.78 is 0. The van der Waals surface area contributed by atoms with Crippen molar-refractivity contribution in [3.05, 3.63) is 59.4 Å². The van der Waals surface area contributed by atoms with Crippen LogP contribution < -0.4 is 10.2 Å². The Bertz CT molecular complexity index is 849. The van der Waals surface area contributed by atoms with Gasteiger partial charge < -0.3 is 10.2 Å². The van der Waals surface area contributed by atoms with Crippen LogP contribution >= 0.6 is 24.8 Å². The second-order valence-electron chi connectivity index (χ2n) is 9.04. The van der Waals surface area contributed by atoms with Crippen molar-refractivity contribution in [1.82, 2.24) is 10.3 Å². The second kappa shape index (κ2) is 10.1. The lowest BCUT2D eigenvalue weighted by molar-refractivity contribution is -0.123. The first-order chi connectivity index (χ1) is 13.4. The molecule has 4 nitrogen and oxygen atoms in total. The van der Waals surface area contributed by atoms with Crippen LogP contribution in [0.15, 0.2) is 42.5 Å². The van der Waals surface area contributed by atoms with E-state index >= 15 is 0 Å². The molecule has 1 amide bonds. The molecule has 2 aliphatic rings. The molecule has 6 heteroatoms. The predicted molar refractivity (Wildman–Crippen MR) is 128 cm³/mol. The maximum atomic E-state index is 13.3. The molecule has 30 heavy (non-hydrogen) atoms. The van der Waals surface area contributed by atoms with Crippen LogP contribution in [0.4, 0.5) is 5.69 Å². The number of hydrogen-bond acceptors (Lipinski definition) is 3. The van der Waals surface area contributed by atoms with Crippen molar-refractivity contribution < 1.29 is 4.79 Å². The van der Waals surface area contributed by atoms with E-state index in [1.807, 2.05) is 17.9 Å². The van der Waals surface area contributed by atoms with Gasteiger partial charge in [-0.25, -0.2) is 0 Å². The summed E-state index contributed by atoms with van der Waals surface area (Å²) in [7, 11) is 0. The highest BCUT2D eigenvalue weighted by Crippen LogP contribution is 2.41. The van der Waals surface area contributed by atoms with Gasteiger partial charge in [0, 0.05) is 36.2 Å². The van der Waals surface area contributed by atoms with Crippen LogP contribution in [-0.2, 0) is 16.8 Å². The van der Waals surface area contributed by atoms with Crippen LogP contribution in [0.2, 0.25) is 0 Å². The van der Waals surface area contributed by atoms with Gasteiger partial charge in [0.15, 0.2) is 0 Å². The van der Waals surface area contributed by atoms with Gasteiger partial charge in [-0.05, 0) is 50.3 Å². The summed E-state index contributed by atoms with van der Waals surface area (Å²) in [5.74, 6) is 0.428. The number of carbonyl (C=O) groups excluding carboxylic acids is 1. The molecular weight excluding hydrogens is 417 g/mol. The van der Waals surface area contributed by atoms with E-state index in [2.05, 4.69) is 55.6 Å². The predicted octanol–water partition coefficient (Wildman–Crippen LogP) is 5.21. The molecule has 1 N–H and O–H groups in total. The molecule has 1 aliphatic heterocycles. The van der Waals surface area contributed by atoms with Crippen LogP contribution in [0.25, 0.3) is 0 Å². The number of pyridine rings is 1. The van der Waals surface area contributed by atoms with Gasteiger partial charge in [-0.15, -0.1) is 24.8 Å². The molecular formula is C24H33Cl2N3O. The average molecular weight is 450 g/mol. The number of anilines is 1. The van der Waals surface area contributed by atoms with Gasteiger partial charge in [-0.2, -0.15) is 0 Å². The zero-order valence-corrected chi connectivity index (χ0v) is 19.7. The Balaban J connectivity index is 0.00000160. The molecule has 0 radical (unpaired) electrons. The molecule has 0 unspecified atom stereocenters. The van der Waals surface area contributed by atoms with E-state index in [0.717, 1.165) is 55.8 Å². The topological polar surface area (TPSA) is 45.2 Å². The summed E-state index contributed by atoms with van der Waals surface area (Å²) in [6, 6.07) is 15.1. The smallest absolute Gasteiger partial charge is 0.230 e.